The molecule has 1 amide bonds. The minimum absolute atomic E-state index is 0.00812. The fourth-order valence-corrected chi connectivity index (χ4v) is 2.45. The Kier molecular flexibility index (Phi) is 7.36. The maximum Gasteiger partial charge on any atom is 0.222 e. The molecular formula is C17H26BrNO3. The van der Waals surface area contributed by atoms with Crippen LogP contribution in [0.1, 0.15) is 39.2 Å². The van der Waals surface area contributed by atoms with Crippen molar-refractivity contribution in [2.45, 2.75) is 39.0 Å². The van der Waals surface area contributed by atoms with Gasteiger partial charge < -0.3 is 14.7 Å². The van der Waals surface area contributed by atoms with Gasteiger partial charge in [0.2, 0.25) is 5.91 Å². The Hall–Kier alpha value is -1.07. The molecule has 0 heterocycles. The number of halogens is 1. The van der Waals surface area contributed by atoms with E-state index in [1.54, 1.807) is 7.05 Å². The Balaban J connectivity index is 2.44. The van der Waals surface area contributed by atoms with E-state index in [2.05, 4.69) is 48.8 Å². The van der Waals surface area contributed by atoms with E-state index in [1.165, 1.54) is 10.5 Å². The largest absolute Gasteiger partial charge is 0.492 e. The minimum Gasteiger partial charge on any atom is -0.492 e. The first-order valence-corrected chi connectivity index (χ1v) is 8.32. The lowest BCUT2D eigenvalue weighted by molar-refractivity contribution is -0.130. The highest BCUT2D eigenvalue weighted by Crippen LogP contribution is 2.31. The molecule has 0 bridgehead atoms. The van der Waals surface area contributed by atoms with E-state index >= 15 is 0 Å². The van der Waals surface area contributed by atoms with Gasteiger partial charge >= 0.3 is 0 Å². The van der Waals surface area contributed by atoms with Crippen molar-refractivity contribution in [1.29, 1.82) is 0 Å². The quantitative estimate of drug-likeness (QED) is 0.747. The SMILES string of the molecule is CN(CCO)C(=O)CCCOc1ccc(C(C)(C)C)cc1Br. The molecule has 0 spiro atoms. The lowest BCUT2D eigenvalue weighted by atomic mass is 9.87. The smallest absolute Gasteiger partial charge is 0.222 e. The Bertz CT molecular complexity index is 497. The van der Waals surface area contributed by atoms with Crippen LogP contribution in [0.15, 0.2) is 22.7 Å². The third-order valence-electron chi connectivity index (χ3n) is 3.45. The predicted molar refractivity (Wildman–Crippen MR) is 92.3 cm³/mol. The summed E-state index contributed by atoms with van der Waals surface area (Å²) in [5.41, 5.74) is 1.35. The van der Waals surface area contributed by atoms with E-state index in [0.29, 0.717) is 26.0 Å². The molecular weight excluding hydrogens is 346 g/mol. The molecule has 22 heavy (non-hydrogen) atoms. The van der Waals surface area contributed by atoms with Crippen LogP contribution in [0.25, 0.3) is 0 Å². The predicted octanol–water partition coefficient (Wildman–Crippen LogP) is 3.36. The summed E-state index contributed by atoms with van der Waals surface area (Å²) < 4.78 is 6.66. The molecule has 1 aromatic carbocycles. The second-order valence-electron chi connectivity index (χ2n) is 6.39. The Morgan fingerprint density at radius 2 is 2.05 bits per heavy atom. The second kappa shape index (κ2) is 8.53. The maximum absolute atomic E-state index is 11.7. The first kappa shape index (κ1) is 19.0. The summed E-state index contributed by atoms with van der Waals surface area (Å²) in [7, 11) is 1.70. The number of nitrogens with zero attached hydrogens (tertiary/aromatic N) is 1. The van der Waals surface area contributed by atoms with Gasteiger partial charge in [0.25, 0.3) is 0 Å². The summed E-state index contributed by atoms with van der Waals surface area (Å²) in [4.78, 5) is 13.3. The average Bonchev–Trinajstić information content (AvgIpc) is 2.43. The number of aliphatic hydroxyl groups excluding tert-OH is 1. The molecule has 0 unspecified atom stereocenters. The first-order chi connectivity index (χ1) is 10.3. The molecule has 124 valence electrons. The summed E-state index contributed by atoms with van der Waals surface area (Å²) in [6.45, 7) is 7.37. The second-order valence-corrected chi connectivity index (χ2v) is 7.24. The van der Waals surface area contributed by atoms with Crippen molar-refractivity contribution in [3.8, 4) is 5.75 Å². The van der Waals surface area contributed by atoms with Crippen molar-refractivity contribution in [3.05, 3.63) is 28.2 Å². The van der Waals surface area contributed by atoms with Gasteiger partial charge in [-0.3, -0.25) is 4.79 Å². The van der Waals surface area contributed by atoms with E-state index in [4.69, 9.17) is 9.84 Å². The minimum atomic E-state index is -0.00812. The molecule has 0 aromatic heterocycles. The van der Waals surface area contributed by atoms with Crippen molar-refractivity contribution in [1.82, 2.24) is 4.90 Å². The zero-order chi connectivity index (χ0) is 16.8. The third kappa shape index (κ3) is 5.97. The van der Waals surface area contributed by atoms with E-state index in [9.17, 15) is 4.79 Å². The van der Waals surface area contributed by atoms with Crippen LogP contribution < -0.4 is 4.74 Å². The van der Waals surface area contributed by atoms with Gasteiger partial charge in [0, 0.05) is 20.0 Å². The number of carbonyl (C=O) groups is 1. The van der Waals surface area contributed by atoms with Gasteiger partial charge in [-0.15, -0.1) is 0 Å². The highest BCUT2D eigenvalue weighted by Gasteiger charge is 2.15. The van der Waals surface area contributed by atoms with Crippen LogP contribution in [0, 0.1) is 0 Å². The number of aliphatic hydroxyl groups is 1. The van der Waals surface area contributed by atoms with Gasteiger partial charge in [0.15, 0.2) is 0 Å². The monoisotopic (exact) mass is 371 g/mol. The fourth-order valence-electron chi connectivity index (χ4n) is 1.96. The number of hydrogen-bond donors (Lipinski definition) is 1. The van der Waals surface area contributed by atoms with Crippen LogP contribution in [-0.2, 0) is 10.2 Å². The lowest BCUT2D eigenvalue weighted by Crippen LogP contribution is -2.29. The van der Waals surface area contributed by atoms with Crippen molar-refractivity contribution in [2.75, 3.05) is 26.8 Å². The van der Waals surface area contributed by atoms with E-state index in [1.807, 2.05) is 6.07 Å². The van der Waals surface area contributed by atoms with Gasteiger partial charge in [-0.1, -0.05) is 26.8 Å². The molecule has 5 heteroatoms. The van der Waals surface area contributed by atoms with Crippen LogP contribution in [0.2, 0.25) is 0 Å². The molecule has 1 N–H and O–H groups in total. The molecule has 0 aliphatic heterocycles. The van der Waals surface area contributed by atoms with E-state index in [0.717, 1.165) is 10.2 Å². The molecule has 0 radical (unpaired) electrons. The standard InChI is InChI=1S/C17H26BrNO3/c1-17(2,3)13-7-8-15(14(18)12-13)22-11-5-6-16(21)19(4)9-10-20/h7-8,12,20H,5-6,9-11H2,1-4H3. The highest BCUT2D eigenvalue weighted by atomic mass is 79.9. The number of ether oxygens (including phenoxy) is 1. The highest BCUT2D eigenvalue weighted by molar-refractivity contribution is 9.10. The average molecular weight is 372 g/mol. The van der Waals surface area contributed by atoms with Gasteiger partial charge in [-0.05, 0) is 45.5 Å². The number of rotatable bonds is 7. The summed E-state index contributed by atoms with van der Waals surface area (Å²) in [5, 5.41) is 8.79. The molecule has 1 aromatic rings. The normalized spacial score (nSPS) is 11.4. The van der Waals surface area contributed by atoms with Crippen LogP contribution in [-0.4, -0.2) is 42.7 Å². The summed E-state index contributed by atoms with van der Waals surface area (Å²) >= 11 is 3.54. The molecule has 0 saturated carbocycles. The fraction of sp³-hybridized carbons (Fsp3) is 0.588. The summed E-state index contributed by atoms with van der Waals surface area (Å²) in [6.07, 6.45) is 1.08. The van der Waals surface area contributed by atoms with Gasteiger partial charge in [0.05, 0.1) is 17.7 Å². The molecule has 1 rings (SSSR count). The number of hydrogen-bond acceptors (Lipinski definition) is 3. The van der Waals surface area contributed by atoms with E-state index in [-0.39, 0.29) is 17.9 Å². The number of likely N-dealkylation sites (N-methyl/N-ethyl adjacent to an activating group) is 1. The van der Waals surface area contributed by atoms with Gasteiger partial charge in [-0.25, -0.2) is 0 Å². The zero-order valence-electron chi connectivity index (χ0n) is 13.9. The Labute approximate surface area is 141 Å². The molecule has 4 nitrogen and oxygen atoms in total. The summed E-state index contributed by atoms with van der Waals surface area (Å²) in [5.74, 6) is 0.823. The number of amides is 1. The Morgan fingerprint density at radius 1 is 1.36 bits per heavy atom. The van der Waals surface area contributed by atoms with Crippen molar-refractivity contribution in [3.63, 3.8) is 0 Å². The maximum atomic E-state index is 11.7. The van der Waals surface area contributed by atoms with Crippen molar-refractivity contribution < 1.29 is 14.6 Å². The molecule has 0 aliphatic rings. The zero-order valence-corrected chi connectivity index (χ0v) is 15.4. The van der Waals surface area contributed by atoms with Crippen LogP contribution >= 0.6 is 15.9 Å². The van der Waals surface area contributed by atoms with Crippen LogP contribution in [0.5, 0.6) is 5.75 Å². The molecule has 0 atom stereocenters. The van der Waals surface area contributed by atoms with Crippen LogP contribution in [0.4, 0.5) is 0 Å². The molecule has 0 saturated heterocycles. The molecule has 0 fully saturated rings. The van der Waals surface area contributed by atoms with Crippen molar-refractivity contribution in [2.24, 2.45) is 0 Å². The van der Waals surface area contributed by atoms with Crippen LogP contribution in [0.3, 0.4) is 0 Å². The third-order valence-corrected chi connectivity index (χ3v) is 4.07. The first-order valence-electron chi connectivity index (χ1n) is 7.53. The van der Waals surface area contributed by atoms with Crippen molar-refractivity contribution >= 4 is 21.8 Å². The lowest BCUT2D eigenvalue weighted by Gasteiger charge is -2.20. The summed E-state index contributed by atoms with van der Waals surface area (Å²) in [6, 6.07) is 6.11. The number of benzene rings is 1. The number of carbonyl (C=O) groups excluding carboxylic acids is 1. The van der Waals surface area contributed by atoms with Gasteiger partial charge in [-0.2, -0.15) is 0 Å². The van der Waals surface area contributed by atoms with E-state index < -0.39 is 0 Å². The van der Waals surface area contributed by atoms with Gasteiger partial charge in [0.1, 0.15) is 5.75 Å². The molecule has 0 aliphatic carbocycles. The topological polar surface area (TPSA) is 49.8 Å². The Morgan fingerprint density at radius 3 is 2.59 bits per heavy atom.